The maximum Gasteiger partial charge on any atom is 0.157 e. The predicted molar refractivity (Wildman–Crippen MR) is 80.2 cm³/mol. The summed E-state index contributed by atoms with van der Waals surface area (Å²) in [4.78, 5) is 4.45. The van der Waals surface area contributed by atoms with E-state index in [1.54, 1.807) is 16.8 Å². The van der Waals surface area contributed by atoms with E-state index in [0.29, 0.717) is 13.1 Å². The molecule has 0 fully saturated rings. The maximum absolute atomic E-state index is 12.8. The van der Waals surface area contributed by atoms with Crippen LogP contribution in [-0.4, -0.2) is 14.8 Å². The molecule has 4 nitrogen and oxygen atoms in total. The number of nitrogens with one attached hydrogen (secondary N) is 1. The SMILES string of the molecule is Cc1nn(C)c2ncc(CNCc3ccc(F)cc3)cc12. The predicted octanol–water partition coefficient (Wildman–Crippen LogP) is 2.71. The van der Waals surface area contributed by atoms with Crippen molar-refractivity contribution in [3.63, 3.8) is 0 Å². The van der Waals surface area contributed by atoms with Crippen molar-refractivity contribution in [1.29, 1.82) is 0 Å². The summed E-state index contributed by atoms with van der Waals surface area (Å²) >= 11 is 0. The summed E-state index contributed by atoms with van der Waals surface area (Å²) < 4.78 is 14.6. The van der Waals surface area contributed by atoms with Crippen molar-refractivity contribution in [2.75, 3.05) is 0 Å². The van der Waals surface area contributed by atoms with Gasteiger partial charge in [0.25, 0.3) is 0 Å². The monoisotopic (exact) mass is 284 g/mol. The maximum atomic E-state index is 12.8. The van der Waals surface area contributed by atoms with Crippen molar-refractivity contribution < 1.29 is 4.39 Å². The Morgan fingerprint density at radius 1 is 1.14 bits per heavy atom. The molecule has 2 aromatic heterocycles. The molecule has 0 aliphatic carbocycles. The van der Waals surface area contributed by atoms with Crippen molar-refractivity contribution in [3.8, 4) is 0 Å². The number of hydrogen-bond donors (Lipinski definition) is 1. The summed E-state index contributed by atoms with van der Waals surface area (Å²) in [6.45, 7) is 3.40. The van der Waals surface area contributed by atoms with Crippen molar-refractivity contribution in [1.82, 2.24) is 20.1 Å². The van der Waals surface area contributed by atoms with Crippen LogP contribution in [0.2, 0.25) is 0 Å². The molecule has 2 heterocycles. The fourth-order valence-corrected chi connectivity index (χ4v) is 2.40. The molecule has 0 radical (unpaired) electrons. The van der Waals surface area contributed by atoms with Crippen LogP contribution in [0.25, 0.3) is 11.0 Å². The zero-order valence-corrected chi connectivity index (χ0v) is 12.1. The summed E-state index contributed by atoms with van der Waals surface area (Å²) in [6.07, 6.45) is 1.86. The molecular weight excluding hydrogens is 267 g/mol. The van der Waals surface area contributed by atoms with E-state index in [4.69, 9.17) is 0 Å². The molecule has 5 heteroatoms. The minimum Gasteiger partial charge on any atom is -0.309 e. The van der Waals surface area contributed by atoms with E-state index < -0.39 is 0 Å². The Labute approximate surface area is 122 Å². The normalized spacial score (nSPS) is 11.2. The van der Waals surface area contributed by atoms with Gasteiger partial charge in [0.2, 0.25) is 0 Å². The average Bonchev–Trinajstić information content (AvgIpc) is 2.76. The second kappa shape index (κ2) is 5.61. The Bertz CT molecular complexity index is 762. The topological polar surface area (TPSA) is 42.7 Å². The van der Waals surface area contributed by atoms with Crippen molar-refractivity contribution in [2.45, 2.75) is 20.0 Å². The largest absolute Gasteiger partial charge is 0.309 e. The van der Waals surface area contributed by atoms with Gasteiger partial charge in [-0.15, -0.1) is 0 Å². The van der Waals surface area contributed by atoms with Crippen LogP contribution in [0.5, 0.6) is 0 Å². The first-order valence-corrected chi connectivity index (χ1v) is 6.87. The number of pyridine rings is 1. The number of hydrogen-bond acceptors (Lipinski definition) is 3. The highest BCUT2D eigenvalue weighted by Gasteiger charge is 2.06. The number of aromatic nitrogens is 3. The second-order valence-corrected chi connectivity index (χ2v) is 5.15. The quantitative estimate of drug-likeness (QED) is 0.801. The fraction of sp³-hybridized carbons (Fsp3) is 0.250. The molecule has 0 bridgehead atoms. The Morgan fingerprint density at radius 3 is 2.62 bits per heavy atom. The molecule has 3 aromatic rings. The number of benzene rings is 1. The first kappa shape index (κ1) is 13.7. The number of halogens is 1. The van der Waals surface area contributed by atoms with Crippen LogP contribution in [0, 0.1) is 12.7 Å². The van der Waals surface area contributed by atoms with E-state index in [2.05, 4.69) is 21.5 Å². The van der Waals surface area contributed by atoms with E-state index in [1.807, 2.05) is 20.2 Å². The molecular formula is C16H17FN4. The van der Waals surface area contributed by atoms with Gasteiger partial charge < -0.3 is 5.32 Å². The van der Waals surface area contributed by atoms with Crippen LogP contribution in [0.3, 0.4) is 0 Å². The molecule has 0 spiro atoms. The van der Waals surface area contributed by atoms with Crippen LogP contribution in [0.1, 0.15) is 16.8 Å². The summed E-state index contributed by atoms with van der Waals surface area (Å²) in [5.41, 5.74) is 4.05. The van der Waals surface area contributed by atoms with Crippen molar-refractivity contribution in [3.05, 3.63) is 59.2 Å². The zero-order valence-electron chi connectivity index (χ0n) is 12.1. The molecule has 0 saturated heterocycles. The summed E-state index contributed by atoms with van der Waals surface area (Å²) in [5.74, 6) is -0.208. The molecule has 0 saturated carbocycles. The molecule has 0 atom stereocenters. The molecule has 1 N–H and O–H groups in total. The molecule has 108 valence electrons. The van der Waals surface area contributed by atoms with Gasteiger partial charge in [0, 0.05) is 31.7 Å². The van der Waals surface area contributed by atoms with E-state index in [9.17, 15) is 4.39 Å². The number of fused-ring (bicyclic) bond motifs is 1. The van der Waals surface area contributed by atoms with Gasteiger partial charge in [-0.25, -0.2) is 9.37 Å². The minimum absolute atomic E-state index is 0.208. The standard InChI is InChI=1S/C16H17FN4/c1-11-15-7-13(10-19-16(15)21(2)20-11)9-18-8-12-3-5-14(17)6-4-12/h3-7,10,18H,8-9H2,1-2H3. The lowest BCUT2D eigenvalue weighted by Gasteiger charge is -2.05. The molecule has 0 aliphatic rings. The summed E-state index contributed by atoms with van der Waals surface area (Å²) in [5, 5.41) is 8.79. The van der Waals surface area contributed by atoms with Crippen LogP contribution in [-0.2, 0) is 20.1 Å². The highest BCUT2D eigenvalue weighted by atomic mass is 19.1. The Hall–Kier alpha value is -2.27. The zero-order chi connectivity index (χ0) is 14.8. The highest BCUT2D eigenvalue weighted by molar-refractivity contribution is 5.78. The number of aryl methyl sites for hydroxylation is 2. The number of rotatable bonds is 4. The van der Waals surface area contributed by atoms with E-state index in [0.717, 1.165) is 27.9 Å². The molecule has 0 aliphatic heterocycles. The van der Waals surface area contributed by atoms with Crippen LogP contribution in [0.4, 0.5) is 4.39 Å². The van der Waals surface area contributed by atoms with Gasteiger partial charge in [-0.2, -0.15) is 5.10 Å². The van der Waals surface area contributed by atoms with Gasteiger partial charge in [0.1, 0.15) is 5.82 Å². The average molecular weight is 284 g/mol. The smallest absolute Gasteiger partial charge is 0.157 e. The molecule has 1 aromatic carbocycles. The van der Waals surface area contributed by atoms with E-state index >= 15 is 0 Å². The lowest BCUT2D eigenvalue weighted by atomic mass is 10.2. The van der Waals surface area contributed by atoms with Gasteiger partial charge in [0.05, 0.1) is 5.69 Å². The Morgan fingerprint density at radius 2 is 1.86 bits per heavy atom. The molecule has 0 amide bonds. The third-order valence-electron chi connectivity index (χ3n) is 3.49. The first-order valence-electron chi connectivity index (χ1n) is 6.87. The summed E-state index contributed by atoms with van der Waals surface area (Å²) in [7, 11) is 1.90. The molecule has 3 rings (SSSR count). The van der Waals surface area contributed by atoms with Gasteiger partial charge in [-0.05, 0) is 36.2 Å². The molecule has 21 heavy (non-hydrogen) atoms. The van der Waals surface area contributed by atoms with Crippen LogP contribution < -0.4 is 5.32 Å². The first-order chi connectivity index (χ1) is 10.1. The lowest BCUT2D eigenvalue weighted by Crippen LogP contribution is -2.12. The van der Waals surface area contributed by atoms with Gasteiger partial charge >= 0.3 is 0 Å². The minimum atomic E-state index is -0.208. The highest BCUT2D eigenvalue weighted by Crippen LogP contribution is 2.16. The van der Waals surface area contributed by atoms with Gasteiger partial charge in [0.15, 0.2) is 5.65 Å². The Balaban J connectivity index is 1.68. The molecule has 0 unspecified atom stereocenters. The van der Waals surface area contributed by atoms with Crippen molar-refractivity contribution in [2.24, 2.45) is 7.05 Å². The van der Waals surface area contributed by atoms with Crippen LogP contribution >= 0.6 is 0 Å². The fourth-order valence-electron chi connectivity index (χ4n) is 2.40. The van der Waals surface area contributed by atoms with Crippen molar-refractivity contribution >= 4 is 11.0 Å². The van der Waals surface area contributed by atoms with Crippen LogP contribution in [0.15, 0.2) is 36.5 Å². The third-order valence-corrected chi connectivity index (χ3v) is 3.49. The Kier molecular flexibility index (Phi) is 3.66. The van der Waals surface area contributed by atoms with Gasteiger partial charge in [-0.1, -0.05) is 12.1 Å². The summed E-state index contributed by atoms with van der Waals surface area (Å²) in [6, 6.07) is 8.64. The second-order valence-electron chi connectivity index (χ2n) is 5.15. The van der Waals surface area contributed by atoms with E-state index in [-0.39, 0.29) is 5.82 Å². The lowest BCUT2D eigenvalue weighted by molar-refractivity contribution is 0.625. The number of nitrogens with zero attached hydrogens (tertiary/aromatic N) is 3. The van der Waals surface area contributed by atoms with E-state index in [1.165, 1.54) is 12.1 Å². The third kappa shape index (κ3) is 2.92. The van der Waals surface area contributed by atoms with Gasteiger partial charge in [-0.3, -0.25) is 4.68 Å².